The zero-order chi connectivity index (χ0) is 17.1. The first-order valence-corrected chi connectivity index (χ1v) is 6.99. The Balaban J connectivity index is 2.44. The molecule has 6 heteroatoms. The quantitative estimate of drug-likeness (QED) is 0.784. The van der Waals surface area contributed by atoms with Crippen LogP contribution in [0.5, 0.6) is 5.75 Å². The fourth-order valence-corrected chi connectivity index (χ4v) is 2.25. The van der Waals surface area contributed by atoms with Gasteiger partial charge in [-0.05, 0) is 25.5 Å². The van der Waals surface area contributed by atoms with E-state index in [-0.39, 0.29) is 29.5 Å². The minimum atomic E-state index is -0.683. The van der Waals surface area contributed by atoms with Crippen LogP contribution in [0.1, 0.15) is 19.4 Å². The van der Waals surface area contributed by atoms with E-state index in [2.05, 4.69) is 6.58 Å². The number of methoxy groups -OCH3 is 1. The van der Waals surface area contributed by atoms with Crippen molar-refractivity contribution in [2.75, 3.05) is 25.2 Å². The van der Waals surface area contributed by atoms with Gasteiger partial charge in [-0.3, -0.25) is 9.69 Å². The molecular formula is C17H17FN2O3. The summed E-state index contributed by atoms with van der Waals surface area (Å²) in [6.07, 6.45) is 0. The number of carbonyl (C=O) groups is 1. The summed E-state index contributed by atoms with van der Waals surface area (Å²) in [6, 6.07) is 4.28. The highest BCUT2D eigenvalue weighted by Gasteiger charge is 2.32. The second kappa shape index (κ2) is 6.63. The molecule has 0 saturated heterocycles. The van der Waals surface area contributed by atoms with Gasteiger partial charge in [0.2, 0.25) is 0 Å². The van der Waals surface area contributed by atoms with Crippen LogP contribution in [0.2, 0.25) is 0 Å². The largest absolute Gasteiger partial charge is 0.490 e. The van der Waals surface area contributed by atoms with Crippen molar-refractivity contribution in [1.29, 1.82) is 5.26 Å². The summed E-state index contributed by atoms with van der Waals surface area (Å²) < 4.78 is 24.7. The lowest BCUT2D eigenvalue weighted by atomic mass is 10.1. The molecule has 1 amide bonds. The minimum Gasteiger partial charge on any atom is -0.490 e. The van der Waals surface area contributed by atoms with E-state index < -0.39 is 5.82 Å². The smallest absolute Gasteiger partial charge is 0.258 e. The van der Waals surface area contributed by atoms with Crippen LogP contribution in [0.4, 0.5) is 10.1 Å². The van der Waals surface area contributed by atoms with E-state index in [1.807, 2.05) is 6.07 Å². The average molecular weight is 316 g/mol. The summed E-state index contributed by atoms with van der Waals surface area (Å²) in [4.78, 5) is 13.5. The number of nitrogens with zero attached hydrogens (tertiary/aromatic N) is 2. The second-order valence-electron chi connectivity index (χ2n) is 5.09. The second-order valence-corrected chi connectivity index (χ2v) is 5.09. The van der Waals surface area contributed by atoms with Crippen LogP contribution < -0.4 is 9.64 Å². The summed E-state index contributed by atoms with van der Waals surface area (Å²) in [7, 11) is 1.52. The number of carbonyl (C=O) groups excluding carboxylic acids is 1. The van der Waals surface area contributed by atoms with Crippen LogP contribution in [0.15, 0.2) is 35.6 Å². The molecule has 5 nitrogen and oxygen atoms in total. The van der Waals surface area contributed by atoms with E-state index in [1.165, 1.54) is 18.1 Å². The number of hydrogen-bond acceptors (Lipinski definition) is 4. The van der Waals surface area contributed by atoms with Crippen molar-refractivity contribution in [2.45, 2.75) is 13.8 Å². The lowest BCUT2D eigenvalue weighted by Crippen LogP contribution is -2.25. The normalized spacial score (nSPS) is 14.5. The molecule has 0 atom stereocenters. The van der Waals surface area contributed by atoms with E-state index >= 15 is 0 Å². The Labute approximate surface area is 134 Å². The molecule has 0 fully saturated rings. The highest BCUT2D eigenvalue weighted by atomic mass is 19.1. The molecule has 0 bridgehead atoms. The van der Waals surface area contributed by atoms with Gasteiger partial charge in [-0.1, -0.05) is 6.58 Å². The maximum atomic E-state index is 14.4. The van der Waals surface area contributed by atoms with E-state index in [0.717, 1.165) is 6.07 Å². The molecule has 1 aromatic carbocycles. The SMILES string of the molecule is C=C1C(C)=C(C)C(=O)N1c1cc(OCCOC)c(C#N)cc1F. The number of allylic oxidation sites excluding steroid dienone is 1. The van der Waals surface area contributed by atoms with E-state index in [4.69, 9.17) is 14.7 Å². The molecule has 0 saturated carbocycles. The van der Waals surface area contributed by atoms with Crippen molar-refractivity contribution < 1.29 is 18.7 Å². The number of hydrogen-bond donors (Lipinski definition) is 0. The number of rotatable bonds is 5. The molecular weight excluding hydrogens is 299 g/mol. The zero-order valence-electron chi connectivity index (χ0n) is 13.3. The van der Waals surface area contributed by atoms with E-state index in [1.54, 1.807) is 13.8 Å². The Morgan fingerprint density at radius 3 is 2.52 bits per heavy atom. The van der Waals surface area contributed by atoms with Crippen LogP contribution in [-0.2, 0) is 9.53 Å². The van der Waals surface area contributed by atoms with Gasteiger partial charge in [-0.25, -0.2) is 4.39 Å². The maximum Gasteiger partial charge on any atom is 0.258 e. The summed E-state index contributed by atoms with van der Waals surface area (Å²) in [5.41, 5.74) is 1.71. The molecule has 1 heterocycles. The van der Waals surface area contributed by atoms with Gasteiger partial charge in [0.05, 0.1) is 17.9 Å². The third kappa shape index (κ3) is 2.96. The predicted octanol–water partition coefficient (Wildman–Crippen LogP) is 2.92. The van der Waals surface area contributed by atoms with Gasteiger partial charge in [0.1, 0.15) is 24.2 Å². The van der Waals surface area contributed by atoms with Gasteiger partial charge in [-0.2, -0.15) is 5.26 Å². The molecule has 1 aromatic rings. The molecule has 1 aliphatic heterocycles. The van der Waals surface area contributed by atoms with Gasteiger partial charge in [0, 0.05) is 24.4 Å². The molecule has 1 aliphatic rings. The topological polar surface area (TPSA) is 62.6 Å². The third-order valence-corrected chi connectivity index (χ3v) is 3.74. The van der Waals surface area contributed by atoms with Crippen LogP contribution in [0.3, 0.4) is 0 Å². The molecule has 2 rings (SSSR count). The maximum absolute atomic E-state index is 14.4. The van der Waals surface area contributed by atoms with Crippen LogP contribution in [0.25, 0.3) is 0 Å². The Morgan fingerprint density at radius 1 is 1.30 bits per heavy atom. The molecule has 0 N–H and O–H groups in total. The first-order chi connectivity index (χ1) is 10.9. The van der Waals surface area contributed by atoms with Crippen molar-refractivity contribution >= 4 is 11.6 Å². The Morgan fingerprint density at radius 2 is 2.00 bits per heavy atom. The fourth-order valence-electron chi connectivity index (χ4n) is 2.25. The number of anilines is 1. The van der Waals surface area contributed by atoms with Crippen molar-refractivity contribution in [2.24, 2.45) is 0 Å². The standard InChI is InChI=1S/C17H17FN2O3/c1-10-11(2)17(21)20(12(10)3)15-8-16(23-6-5-22-4)13(9-19)7-14(15)18/h7-8H,3,5-6H2,1-2,4H3. The summed E-state index contributed by atoms with van der Waals surface area (Å²) in [6.45, 7) is 7.80. The number of halogens is 1. The van der Waals surface area contributed by atoms with Crippen molar-refractivity contribution in [3.05, 3.63) is 46.9 Å². The highest BCUT2D eigenvalue weighted by Crippen LogP contribution is 2.37. The lowest BCUT2D eigenvalue weighted by molar-refractivity contribution is -0.114. The van der Waals surface area contributed by atoms with Crippen molar-refractivity contribution in [1.82, 2.24) is 0 Å². The molecule has 0 spiro atoms. The number of benzene rings is 1. The van der Waals surface area contributed by atoms with Crippen molar-refractivity contribution in [3.63, 3.8) is 0 Å². The van der Waals surface area contributed by atoms with Gasteiger partial charge in [0.15, 0.2) is 0 Å². The molecule has 0 unspecified atom stereocenters. The molecule has 23 heavy (non-hydrogen) atoms. The molecule has 0 aliphatic carbocycles. The zero-order valence-corrected chi connectivity index (χ0v) is 13.3. The summed E-state index contributed by atoms with van der Waals surface area (Å²) in [5.74, 6) is -0.819. The lowest BCUT2D eigenvalue weighted by Gasteiger charge is -2.20. The number of ether oxygens (including phenoxy) is 2. The number of nitriles is 1. The Hall–Kier alpha value is -2.65. The molecule has 120 valence electrons. The minimum absolute atomic E-state index is 0.0163. The van der Waals surface area contributed by atoms with Crippen molar-refractivity contribution in [3.8, 4) is 11.8 Å². The molecule has 0 aromatic heterocycles. The predicted molar refractivity (Wildman–Crippen MR) is 83.5 cm³/mol. The number of amides is 1. The van der Waals surface area contributed by atoms with Crippen LogP contribution >= 0.6 is 0 Å². The summed E-state index contributed by atoms with van der Waals surface area (Å²) in [5, 5.41) is 9.11. The van der Waals surface area contributed by atoms with Crippen LogP contribution in [0, 0.1) is 17.1 Å². The Kier molecular flexibility index (Phi) is 4.82. The molecule has 0 radical (unpaired) electrons. The van der Waals surface area contributed by atoms with Crippen LogP contribution in [-0.4, -0.2) is 26.2 Å². The Bertz CT molecular complexity index is 723. The monoisotopic (exact) mass is 316 g/mol. The third-order valence-electron chi connectivity index (χ3n) is 3.74. The van der Waals surface area contributed by atoms with Gasteiger partial charge >= 0.3 is 0 Å². The van der Waals surface area contributed by atoms with E-state index in [9.17, 15) is 9.18 Å². The fraction of sp³-hybridized carbons (Fsp3) is 0.294. The van der Waals surface area contributed by atoms with E-state index in [0.29, 0.717) is 23.5 Å². The highest BCUT2D eigenvalue weighted by molar-refractivity contribution is 6.12. The first kappa shape index (κ1) is 16.7. The van der Waals surface area contributed by atoms with Gasteiger partial charge in [-0.15, -0.1) is 0 Å². The first-order valence-electron chi connectivity index (χ1n) is 6.99. The van der Waals surface area contributed by atoms with Gasteiger partial charge < -0.3 is 9.47 Å². The summed E-state index contributed by atoms with van der Waals surface area (Å²) >= 11 is 0. The van der Waals surface area contributed by atoms with Gasteiger partial charge in [0.25, 0.3) is 5.91 Å². The average Bonchev–Trinajstić information content (AvgIpc) is 2.72.